The predicted octanol–water partition coefficient (Wildman–Crippen LogP) is 3.60. The molecule has 4 rings (SSSR count). The summed E-state index contributed by atoms with van der Waals surface area (Å²) in [5.41, 5.74) is 1.76. The Kier molecular flexibility index (Phi) is 4.97. The summed E-state index contributed by atoms with van der Waals surface area (Å²) < 4.78 is 15.2. The maximum Gasteiger partial charge on any atom is 0.225 e. The normalized spacial score (nSPS) is 17.2. The third-order valence-corrected chi connectivity index (χ3v) is 6.57. The lowest BCUT2D eigenvalue weighted by molar-refractivity contribution is -0.126. The van der Waals surface area contributed by atoms with Crippen molar-refractivity contribution in [3.8, 4) is 10.6 Å². The minimum atomic E-state index is -0.267. The number of rotatable bonds is 4. The molecule has 0 saturated carbocycles. The van der Waals surface area contributed by atoms with Crippen molar-refractivity contribution in [2.24, 2.45) is 5.92 Å². The molecule has 3 heterocycles. The summed E-state index contributed by atoms with van der Waals surface area (Å²) in [4.78, 5) is 18.5. The van der Waals surface area contributed by atoms with Gasteiger partial charge in [0.2, 0.25) is 5.91 Å². The molecule has 2 aromatic heterocycles. The monoisotopic (exact) mass is 399 g/mol. The zero-order valence-electron chi connectivity index (χ0n) is 16.1. The first-order chi connectivity index (χ1) is 13.4. The number of aryl methyl sites for hydroxylation is 3. The fourth-order valence-electron chi connectivity index (χ4n) is 3.60. The molecule has 2 atom stereocenters. The van der Waals surface area contributed by atoms with Crippen molar-refractivity contribution < 1.29 is 9.18 Å². The topological polar surface area (TPSA) is 72.7 Å². The summed E-state index contributed by atoms with van der Waals surface area (Å²) in [6.07, 6.45) is 1.54. The second kappa shape index (κ2) is 7.43. The average molecular weight is 399 g/mol. The molecule has 0 aliphatic carbocycles. The fraction of sp³-hybridized carbons (Fsp3) is 0.400. The fourth-order valence-corrected chi connectivity index (χ4v) is 4.67. The van der Waals surface area contributed by atoms with Crippen LogP contribution in [0.5, 0.6) is 0 Å². The van der Waals surface area contributed by atoms with E-state index in [1.807, 2.05) is 25.3 Å². The molecule has 1 aliphatic rings. The number of thiazole rings is 1. The molecule has 0 radical (unpaired) electrons. The number of fused-ring (bicyclic) bond motifs is 1. The Morgan fingerprint density at radius 1 is 1.29 bits per heavy atom. The minimum Gasteiger partial charge on any atom is -0.348 e. The van der Waals surface area contributed by atoms with Crippen LogP contribution in [0.25, 0.3) is 10.6 Å². The maximum absolute atomic E-state index is 13.2. The summed E-state index contributed by atoms with van der Waals surface area (Å²) >= 11 is 1.53. The van der Waals surface area contributed by atoms with Gasteiger partial charge in [-0.3, -0.25) is 4.79 Å². The van der Waals surface area contributed by atoms with E-state index in [4.69, 9.17) is 0 Å². The van der Waals surface area contributed by atoms with Crippen LogP contribution in [0.15, 0.2) is 24.3 Å². The standard InChI is InChI=1S/C20H22FN5OS/c1-11(18-12(2)23-20(28-18)14-4-7-16(21)8-5-14)22-19(27)15-6-9-17-25-24-13(3)26(17)10-15/h4-5,7-8,11,15H,6,9-10H2,1-3H3,(H,22,27)/t11-,15+/m0/s1. The Morgan fingerprint density at radius 3 is 2.79 bits per heavy atom. The molecule has 1 N–H and O–H groups in total. The minimum absolute atomic E-state index is 0.0439. The number of carbonyl (C=O) groups is 1. The van der Waals surface area contributed by atoms with Gasteiger partial charge in [0.05, 0.1) is 22.5 Å². The first kappa shape index (κ1) is 18.7. The summed E-state index contributed by atoms with van der Waals surface area (Å²) in [5, 5.41) is 12.2. The first-order valence-electron chi connectivity index (χ1n) is 9.34. The van der Waals surface area contributed by atoms with E-state index in [2.05, 4.69) is 20.5 Å². The number of hydrogen-bond acceptors (Lipinski definition) is 5. The number of benzene rings is 1. The lowest BCUT2D eigenvalue weighted by Gasteiger charge is -2.24. The van der Waals surface area contributed by atoms with Gasteiger partial charge in [-0.2, -0.15) is 0 Å². The quantitative estimate of drug-likeness (QED) is 0.728. The van der Waals surface area contributed by atoms with Gasteiger partial charge in [0.15, 0.2) is 0 Å². The Bertz CT molecular complexity index is 1010. The predicted molar refractivity (Wildman–Crippen MR) is 105 cm³/mol. The highest BCUT2D eigenvalue weighted by molar-refractivity contribution is 7.15. The lowest BCUT2D eigenvalue weighted by atomic mass is 9.98. The highest BCUT2D eigenvalue weighted by Gasteiger charge is 2.28. The van der Waals surface area contributed by atoms with Crippen molar-refractivity contribution >= 4 is 17.2 Å². The van der Waals surface area contributed by atoms with E-state index in [9.17, 15) is 9.18 Å². The van der Waals surface area contributed by atoms with Crippen molar-refractivity contribution in [1.82, 2.24) is 25.1 Å². The van der Waals surface area contributed by atoms with E-state index >= 15 is 0 Å². The van der Waals surface area contributed by atoms with E-state index in [-0.39, 0.29) is 23.7 Å². The van der Waals surface area contributed by atoms with Crippen molar-refractivity contribution in [1.29, 1.82) is 0 Å². The Balaban J connectivity index is 1.46. The molecular formula is C20H22FN5OS. The molecule has 0 spiro atoms. The van der Waals surface area contributed by atoms with Gasteiger partial charge in [0.25, 0.3) is 0 Å². The first-order valence-corrected chi connectivity index (χ1v) is 10.2. The van der Waals surface area contributed by atoms with Crippen molar-refractivity contribution in [3.63, 3.8) is 0 Å². The Hall–Kier alpha value is -2.61. The van der Waals surface area contributed by atoms with Gasteiger partial charge in [-0.05, 0) is 51.5 Å². The summed E-state index contributed by atoms with van der Waals surface area (Å²) in [6, 6.07) is 6.17. The SMILES string of the molecule is Cc1nc(-c2ccc(F)cc2)sc1[C@H](C)NC(=O)[C@@H]1CCc2nnc(C)n2C1. The summed E-state index contributed by atoms with van der Waals surface area (Å²) in [6.45, 7) is 6.45. The van der Waals surface area contributed by atoms with Crippen LogP contribution in [0.2, 0.25) is 0 Å². The van der Waals surface area contributed by atoms with E-state index in [0.29, 0.717) is 6.54 Å². The van der Waals surface area contributed by atoms with Crippen LogP contribution in [0, 0.1) is 25.6 Å². The maximum atomic E-state index is 13.2. The van der Waals surface area contributed by atoms with E-state index < -0.39 is 0 Å². The second-order valence-corrected chi connectivity index (χ2v) is 8.25. The molecule has 0 unspecified atom stereocenters. The summed E-state index contributed by atoms with van der Waals surface area (Å²) in [7, 11) is 0. The van der Waals surface area contributed by atoms with E-state index in [1.54, 1.807) is 12.1 Å². The second-order valence-electron chi connectivity index (χ2n) is 7.22. The number of halogens is 1. The molecule has 1 aliphatic heterocycles. The Labute approximate surface area is 166 Å². The van der Waals surface area contributed by atoms with Gasteiger partial charge in [0.1, 0.15) is 22.5 Å². The molecule has 1 amide bonds. The van der Waals surface area contributed by atoms with Crippen molar-refractivity contribution in [2.75, 3.05) is 0 Å². The number of nitrogens with one attached hydrogen (secondary N) is 1. The lowest BCUT2D eigenvalue weighted by Crippen LogP contribution is -2.37. The zero-order chi connectivity index (χ0) is 19.8. The van der Waals surface area contributed by atoms with E-state index in [1.165, 1.54) is 23.5 Å². The van der Waals surface area contributed by atoms with Gasteiger partial charge in [-0.15, -0.1) is 21.5 Å². The van der Waals surface area contributed by atoms with Gasteiger partial charge in [-0.25, -0.2) is 9.37 Å². The number of aromatic nitrogens is 4. The van der Waals surface area contributed by atoms with Crippen LogP contribution >= 0.6 is 11.3 Å². The zero-order valence-corrected chi connectivity index (χ0v) is 16.9. The third-order valence-electron chi connectivity index (χ3n) is 5.18. The highest BCUT2D eigenvalue weighted by atomic mass is 32.1. The molecule has 0 bridgehead atoms. The number of amides is 1. The molecule has 3 aromatic rings. The molecule has 6 nitrogen and oxygen atoms in total. The Morgan fingerprint density at radius 2 is 2.04 bits per heavy atom. The van der Waals surface area contributed by atoms with Crippen LogP contribution < -0.4 is 5.32 Å². The van der Waals surface area contributed by atoms with Crippen LogP contribution in [0.3, 0.4) is 0 Å². The average Bonchev–Trinajstić information content (AvgIpc) is 3.25. The van der Waals surface area contributed by atoms with Crippen LogP contribution in [-0.2, 0) is 17.8 Å². The van der Waals surface area contributed by atoms with Gasteiger partial charge >= 0.3 is 0 Å². The smallest absolute Gasteiger partial charge is 0.225 e. The molecule has 8 heteroatoms. The highest BCUT2D eigenvalue weighted by Crippen LogP contribution is 2.32. The third kappa shape index (κ3) is 3.56. The van der Waals surface area contributed by atoms with Gasteiger partial charge in [-0.1, -0.05) is 0 Å². The van der Waals surface area contributed by atoms with Crippen molar-refractivity contribution in [3.05, 3.63) is 52.3 Å². The summed E-state index contributed by atoms with van der Waals surface area (Å²) in [5.74, 6) is 1.49. The van der Waals surface area contributed by atoms with Crippen LogP contribution in [-0.4, -0.2) is 25.7 Å². The van der Waals surface area contributed by atoms with E-state index in [0.717, 1.165) is 45.6 Å². The molecule has 1 aromatic carbocycles. The number of carbonyl (C=O) groups excluding carboxylic acids is 1. The van der Waals surface area contributed by atoms with Gasteiger partial charge in [0, 0.05) is 18.5 Å². The largest absolute Gasteiger partial charge is 0.348 e. The molecule has 28 heavy (non-hydrogen) atoms. The number of hydrogen-bond donors (Lipinski definition) is 1. The molecule has 0 saturated heterocycles. The van der Waals surface area contributed by atoms with Crippen LogP contribution in [0.1, 0.15) is 41.6 Å². The van der Waals surface area contributed by atoms with Crippen molar-refractivity contribution in [2.45, 2.75) is 46.2 Å². The van der Waals surface area contributed by atoms with Gasteiger partial charge < -0.3 is 9.88 Å². The molecule has 0 fully saturated rings. The molecule has 146 valence electrons. The van der Waals surface area contributed by atoms with Crippen LogP contribution in [0.4, 0.5) is 4.39 Å². The molecular weight excluding hydrogens is 377 g/mol. The number of nitrogens with zero attached hydrogens (tertiary/aromatic N) is 4.